The van der Waals surface area contributed by atoms with Crippen LogP contribution < -0.4 is 4.74 Å². The molecule has 0 saturated carbocycles. The minimum Gasteiger partial charge on any atom is -0.483 e. The molecule has 0 aliphatic carbocycles. The lowest BCUT2D eigenvalue weighted by atomic mass is 10.1. The maximum atomic E-state index is 12.2. The summed E-state index contributed by atoms with van der Waals surface area (Å²) >= 11 is 3.39. The third-order valence-corrected chi connectivity index (χ3v) is 4.14. The van der Waals surface area contributed by atoms with Crippen LogP contribution in [0.25, 0.3) is 0 Å². The average Bonchev–Trinajstić information content (AvgIpc) is 2.46. The highest BCUT2D eigenvalue weighted by Gasteiger charge is 2.20. The zero-order valence-corrected chi connectivity index (χ0v) is 14.0. The number of aryl methyl sites for hydroxylation is 1. The molecule has 0 aromatic heterocycles. The van der Waals surface area contributed by atoms with Gasteiger partial charge in [-0.2, -0.15) is 0 Å². The topological polar surface area (TPSA) is 53.0 Å². The summed E-state index contributed by atoms with van der Waals surface area (Å²) < 4.78 is 6.56. The van der Waals surface area contributed by atoms with E-state index in [4.69, 9.17) is 4.74 Å². The van der Waals surface area contributed by atoms with Crippen LogP contribution in [0.4, 0.5) is 0 Å². The Morgan fingerprint density at radius 1 is 1.33 bits per heavy atom. The molecule has 0 spiro atoms. The minimum absolute atomic E-state index is 0.00527. The molecule has 1 heterocycles. The van der Waals surface area contributed by atoms with E-state index in [1.165, 1.54) is 0 Å². The van der Waals surface area contributed by atoms with E-state index in [0.717, 1.165) is 36.2 Å². The van der Waals surface area contributed by atoms with Crippen molar-refractivity contribution in [3.05, 3.63) is 27.7 Å². The molecule has 2 rings (SSSR count). The zero-order valence-electron chi connectivity index (χ0n) is 12.4. The Balaban J connectivity index is 1.98. The molecule has 1 fully saturated rings. The molecule has 1 aliphatic heterocycles. The largest absolute Gasteiger partial charge is 0.483 e. The van der Waals surface area contributed by atoms with Gasteiger partial charge in [-0.1, -0.05) is 15.9 Å². The highest BCUT2D eigenvalue weighted by Crippen LogP contribution is 2.28. The Bertz CT molecular complexity index is 514. The van der Waals surface area contributed by atoms with Crippen LogP contribution in [0.3, 0.4) is 0 Å². The van der Waals surface area contributed by atoms with E-state index < -0.39 is 0 Å². The summed E-state index contributed by atoms with van der Waals surface area (Å²) in [5.74, 6) is 0.595. The fraction of sp³-hybridized carbons (Fsp3) is 0.533. The van der Waals surface area contributed by atoms with Gasteiger partial charge >= 0.3 is 0 Å². The summed E-state index contributed by atoms with van der Waals surface area (Å²) in [6.07, 6.45) is 0. The fourth-order valence-corrected chi connectivity index (χ4v) is 3.02. The average molecular weight is 357 g/mol. The van der Waals surface area contributed by atoms with E-state index in [1.807, 2.05) is 24.0 Å². The van der Waals surface area contributed by atoms with Crippen molar-refractivity contribution in [2.24, 2.45) is 0 Å². The van der Waals surface area contributed by atoms with E-state index in [1.54, 1.807) is 0 Å². The van der Waals surface area contributed by atoms with Gasteiger partial charge in [-0.05, 0) is 31.7 Å². The molecule has 1 amide bonds. The van der Waals surface area contributed by atoms with Crippen molar-refractivity contribution >= 4 is 21.8 Å². The number of halogens is 1. The summed E-state index contributed by atoms with van der Waals surface area (Å²) in [6, 6.07) is 3.72. The smallest absolute Gasteiger partial charge is 0.260 e. The monoisotopic (exact) mass is 356 g/mol. The fourth-order valence-electron chi connectivity index (χ4n) is 2.40. The number of aliphatic hydroxyl groups excluding tert-OH is 1. The maximum Gasteiger partial charge on any atom is 0.260 e. The van der Waals surface area contributed by atoms with Gasteiger partial charge in [0, 0.05) is 36.2 Å². The second kappa shape index (κ2) is 7.24. The normalized spacial score (nSPS) is 16.1. The van der Waals surface area contributed by atoms with Crippen LogP contribution >= 0.6 is 15.9 Å². The molecule has 5 nitrogen and oxygen atoms in total. The zero-order chi connectivity index (χ0) is 15.4. The van der Waals surface area contributed by atoms with Crippen LogP contribution in [0.2, 0.25) is 0 Å². The lowest BCUT2D eigenvalue weighted by Crippen LogP contribution is -2.48. The summed E-state index contributed by atoms with van der Waals surface area (Å²) in [7, 11) is 2.05. The lowest BCUT2D eigenvalue weighted by Gasteiger charge is -2.32. The van der Waals surface area contributed by atoms with Crippen molar-refractivity contribution in [2.45, 2.75) is 13.5 Å². The van der Waals surface area contributed by atoms with Gasteiger partial charge in [0.2, 0.25) is 0 Å². The number of likely N-dealkylation sites (N-methyl/N-ethyl adjacent to an activating group) is 1. The summed E-state index contributed by atoms with van der Waals surface area (Å²) in [6.45, 7) is 5.07. The first kappa shape index (κ1) is 16.3. The number of nitrogens with zero attached hydrogens (tertiary/aromatic N) is 2. The number of carbonyl (C=O) groups is 1. The van der Waals surface area contributed by atoms with Gasteiger partial charge in [-0.25, -0.2) is 0 Å². The molecule has 1 aliphatic rings. The van der Waals surface area contributed by atoms with Crippen molar-refractivity contribution in [1.29, 1.82) is 0 Å². The number of hydrogen-bond donors (Lipinski definition) is 1. The van der Waals surface area contributed by atoms with Gasteiger partial charge in [-0.3, -0.25) is 4.79 Å². The van der Waals surface area contributed by atoms with E-state index >= 15 is 0 Å². The number of hydrogen-bond acceptors (Lipinski definition) is 4. The SMILES string of the molecule is Cc1cc(Br)cc(CO)c1OCC(=O)N1CCN(C)CC1. The molecule has 116 valence electrons. The van der Waals surface area contributed by atoms with Gasteiger partial charge < -0.3 is 19.6 Å². The van der Waals surface area contributed by atoms with Gasteiger partial charge in [0.05, 0.1) is 6.61 Å². The molecule has 1 aromatic rings. The molecule has 1 aromatic carbocycles. The molecule has 0 radical (unpaired) electrons. The number of ether oxygens (including phenoxy) is 1. The quantitative estimate of drug-likeness (QED) is 0.885. The number of benzene rings is 1. The van der Waals surface area contributed by atoms with Crippen molar-refractivity contribution in [1.82, 2.24) is 9.80 Å². The summed E-state index contributed by atoms with van der Waals surface area (Å²) in [5, 5.41) is 9.41. The van der Waals surface area contributed by atoms with E-state index in [9.17, 15) is 9.90 Å². The Kier molecular flexibility index (Phi) is 5.61. The summed E-state index contributed by atoms with van der Waals surface area (Å²) in [5.41, 5.74) is 1.59. The highest BCUT2D eigenvalue weighted by molar-refractivity contribution is 9.10. The second-order valence-electron chi connectivity index (χ2n) is 5.34. The number of aliphatic hydroxyl groups is 1. The van der Waals surface area contributed by atoms with Gasteiger partial charge in [-0.15, -0.1) is 0 Å². The van der Waals surface area contributed by atoms with E-state index in [0.29, 0.717) is 11.3 Å². The Morgan fingerprint density at radius 2 is 2.00 bits per heavy atom. The molecule has 1 N–H and O–H groups in total. The first-order valence-electron chi connectivity index (χ1n) is 7.00. The molecule has 0 atom stereocenters. The van der Waals surface area contributed by atoms with Crippen LogP contribution in [-0.2, 0) is 11.4 Å². The Morgan fingerprint density at radius 3 is 2.62 bits per heavy atom. The second-order valence-corrected chi connectivity index (χ2v) is 6.26. The molecular formula is C15H21BrN2O3. The third kappa shape index (κ3) is 4.18. The molecule has 0 bridgehead atoms. The van der Waals surface area contributed by atoms with Gasteiger partial charge in [0.25, 0.3) is 5.91 Å². The molecule has 0 unspecified atom stereocenters. The molecule has 21 heavy (non-hydrogen) atoms. The van der Waals surface area contributed by atoms with Crippen LogP contribution in [0.15, 0.2) is 16.6 Å². The van der Waals surface area contributed by atoms with E-state index in [2.05, 4.69) is 27.9 Å². The maximum absolute atomic E-state index is 12.2. The first-order chi connectivity index (χ1) is 10.0. The lowest BCUT2D eigenvalue weighted by molar-refractivity contribution is -0.134. The van der Waals surface area contributed by atoms with Gasteiger partial charge in [0.1, 0.15) is 5.75 Å². The number of piperazine rings is 1. The van der Waals surface area contributed by atoms with E-state index in [-0.39, 0.29) is 19.1 Å². The highest BCUT2D eigenvalue weighted by atomic mass is 79.9. The third-order valence-electron chi connectivity index (χ3n) is 3.68. The minimum atomic E-state index is -0.113. The number of amides is 1. The van der Waals surface area contributed by atoms with Crippen molar-refractivity contribution < 1.29 is 14.6 Å². The first-order valence-corrected chi connectivity index (χ1v) is 7.79. The Labute approximate surface area is 133 Å². The van der Waals surface area contributed by atoms with Crippen molar-refractivity contribution in [2.75, 3.05) is 39.8 Å². The molecule has 6 heteroatoms. The van der Waals surface area contributed by atoms with Crippen LogP contribution in [0.1, 0.15) is 11.1 Å². The van der Waals surface area contributed by atoms with Crippen LogP contribution in [-0.4, -0.2) is 60.6 Å². The number of rotatable bonds is 4. The predicted molar refractivity (Wildman–Crippen MR) is 84.4 cm³/mol. The molecular weight excluding hydrogens is 336 g/mol. The van der Waals surface area contributed by atoms with Crippen molar-refractivity contribution in [3.8, 4) is 5.75 Å². The van der Waals surface area contributed by atoms with Gasteiger partial charge in [0.15, 0.2) is 6.61 Å². The molecule has 1 saturated heterocycles. The number of carbonyl (C=O) groups excluding carboxylic acids is 1. The predicted octanol–water partition coefficient (Wildman–Crippen LogP) is 1.40. The van der Waals surface area contributed by atoms with Crippen molar-refractivity contribution in [3.63, 3.8) is 0 Å². The Hall–Kier alpha value is -1.11. The standard InChI is InChI=1S/C15H21BrN2O3/c1-11-7-13(16)8-12(9-19)15(11)21-10-14(20)18-5-3-17(2)4-6-18/h7-8,19H,3-6,9-10H2,1-2H3. The van der Waals surface area contributed by atoms with Crippen LogP contribution in [0.5, 0.6) is 5.75 Å². The summed E-state index contributed by atoms with van der Waals surface area (Å²) in [4.78, 5) is 16.2. The van der Waals surface area contributed by atoms with Crippen LogP contribution in [0, 0.1) is 6.92 Å².